The van der Waals surface area contributed by atoms with Crippen molar-refractivity contribution in [1.29, 1.82) is 0 Å². The van der Waals surface area contributed by atoms with Gasteiger partial charge in [0.1, 0.15) is 10.9 Å². The highest BCUT2D eigenvalue weighted by atomic mass is 35.5. The highest BCUT2D eigenvalue weighted by Gasteiger charge is 2.34. The second-order valence-corrected chi connectivity index (χ2v) is 9.30. The Bertz CT molecular complexity index is 1020. The van der Waals surface area contributed by atoms with Crippen molar-refractivity contribution in [3.63, 3.8) is 0 Å². The van der Waals surface area contributed by atoms with Gasteiger partial charge in [-0.25, -0.2) is 0 Å². The highest BCUT2D eigenvalue weighted by molar-refractivity contribution is 8.26. The lowest BCUT2D eigenvalue weighted by molar-refractivity contribution is -0.123. The van der Waals surface area contributed by atoms with Crippen molar-refractivity contribution in [3.05, 3.63) is 63.5 Å². The van der Waals surface area contributed by atoms with E-state index < -0.39 is 0 Å². The molecule has 2 aliphatic rings. The smallest absolute Gasteiger partial charge is 0.266 e. The normalized spacial score (nSPS) is 20.0. The number of carbonyl (C=O) groups is 1. The largest absolute Gasteiger partial charge is 0.493 e. The first-order valence-corrected chi connectivity index (χ1v) is 11.6. The van der Waals surface area contributed by atoms with Crippen molar-refractivity contribution >= 4 is 51.9 Å². The van der Waals surface area contributed by atoms with Gasteiger partial charge in [0.25, 0.3) is 5.91 Å². The summed E-state index contributed by atoms with van der Waals surface area (Å²) in [6.07, 6.45) is 3.88. The van der Waals surface area contributed by atoms with Crippen LogP contribution >= 0.6 is 35.6 Å². The summed E-state index contributed by atoms with van der Waals surface area (Å²) in [5, 5.41) is 0.656. The molecule has 1 unspecified atom stereocenters. The van der Waals surface area contributed by atoms with Crippen LogP contribution in [0.15, 0.2) is 47.4 Å². The van der Waals surface area contributed by atoms with Crippen LogP contribution in [0, 0.1) is 0 Å². The minimum absolute atomic E-state index is 0.0662. The first kappa shape index (κ1) is 22.1. The zero-order valence-electron chi connectivity index (χ0n) is 17.0. The Balaban J connectivity index is 1.47. The molecular formula is C23H22ClNO4S2. The van der Waals surface area contributed by atoms with Gasteiger partial charge in [-0.2, -0.15) is 0 Å². The number of carbonyl (C=O) groups excluding carboxylic acids is 1. The molecule has 2 aromatic carbocycles. The molecule has 5 nitrogen and oxygen atoms in total. The summed E-state index contributed by atoms with van der Waals surface area (Å²) in [6.45, 7) is 1.59. The average Bonchev–Trinajstić information content (AvgIpc) is 3.38. The van der Waals surface area contributed by atoms with Crippen LogP contribution < -0.4 is 9.47 Å². The molecule has 0 bridgehead atoms. The zero-order valence-corrected chi connectivity index (χ0v) is 19.4. The van der Waals surface area contributed by atoms with Gasteiger partial charge >= 0.3 is 0 Å². The minimum atomic E-state index is -0.0801. The molecule has 0 radical (unpaired) electrons. The fourth-order valence-electron chi connectivity index (χ4n) is 3.46. The number of amides is 1. The van der Waals surface area contributed by atoms with Gasteiger partial charge in [-0.3, -0.25) is 9.69 Å². The van der Waals surface area contributed by atoms with Crippen LogP contribution in [-0.4, -0.2) is 41.5 Å². The van der Waals surface area contributed by atoms with Crippen molar-refractivity contribution < 1.29 is 19.0 Å². The van der Waals surface area contributed by atoms with Crippen LogP contribution in [0.1, 0.15) is 24.0 Å². The third kappa shape index (κ3) is 5.23. The molecular weight excluding hydrogens is 454 g/mol. The van der Waals surface area contributed by atoms with Crippen molar-refractivity contribution in [2.24, 2.45) is 0 Å². The van der Waals surface area contributed by atoms with Gasteiger partial charge in [0.2, 0.25) is 0 Å². The Morgan fingerprint density at radius 3 is 2.87 bits per heavy atom. The number of benzene rings is 2. The van der Waals surface area contributed by atoms with Gasteiger partial charge in [-0.15, -0.1) is 0 Å². The lowest BCUT2D eigenvalue weighted by Crippen LogP contribution is -2.35. The number of rotatable bonds is 7. The topological polar surface area (TPSA) is 48.0 Å². The molecule has 2 aliphatic heterocycles. The Morgan fingerprint density at radius 2 is 2.13 bits per heavy atom. The first-order valence-electron chi connectivity index (χ1n) is 9.96. The predicted molar refractivity (Wildman–Crippen MR) is 128 cm³/mol. The summed E-state index contributed by atoms with van der Waals surface area (Å²) in [4.78, 5) is 15.1. The molecule has 8 heteroatoms. The van der Waals surface area contributed by atoms with Crippen LogP contribution in [0.25, 0.3) is 6.08 Å². The first-order chi connectivity index (χ1) is 15.0. The van der Waals surface area contributed by atoms with Gasteiger partial charge < -0.3 is 14.2 Å². The summed E-state index contributed by atoms with van der Waals surface area (Å²) in [5.74, 6) is 1.10. The van der Waals surface area contributed by atoms with Gasteiger partial charge in [-0.1, -0.05) is 59.8 Å². The Labute approximate surface area is 196 Å². The van der Waals surface area contributed by atoms with Gasteiger partial charge in [-0.05, 0) is 42.7 Å². The van der Waals surface area contributed by atoms with E-state index in [1.54, 1.807) is 12.0 Å². The second kappa shape index (κ2) is 10.0. The molecule has 1 amide bonds. The highest BCUT2D eigenvalue weighted by Crippen LogP contribution is 2.35. The van der Waals surface area contributed by atoms with E-state index >= 15 is 0 Å². The minimum Gasteiger partial charge on any atom is -0.493 e. The van der Waals surface area contributed by atoms with Gasteiger partial charge in [0.05, 0.1) is 24.7 Å². The van der Waals surface area contributed by atoms with E-state index in [2.05, 4.69) is 0 Å². The molecule has 0 aromatic heterocycles. The molecule has 2 fully saturated rings. The summed E-state index contributed by atoms with van der Waals surface area (Å²) in [5.41, 5.74) is 1.73. The molecule has 162 valence electrons. The Hall–Kier alpha value is -2.06. The number of thiocarbonyl (C=S) groups is 1. The summed E-state index contributed by atoms with van der Waals surface area (Å²) in [7, 11) is 1.59. The van der Waals surface area contributed by atoms with Crippen LogP contribution in [-0.2, 0) is 16.1 Å². The quantitative estimate of drug-likeness (QED) is 0.399. The lowest BCUT2D eigenvalue weighted by atomic mass is 10.1. The van der Waals surface area contributed by atoms with E-state index in [-0.39, 0.29) is 12.0 Å². The molecule has 31 heavy (non-hydrogen) atoms. The van der Waals surface area contributed by atoms with E-state index in [9.17, 15) is 4.79 Å². The maximum absolute atomic E-state index is 12.8. The van der Waals surface area contributed by atoms with Crippen LogP contribution in [0.3, 0.4) is 0 Å². The van der Waals surface area contributed by atoms with Crippen molar-refractivity contribution in [2.45, 2.75) is 25.6 Å². The second-order valence-electron chi connectivity index (χ2n) is 7.22. The molecule has 0 saturated carbocycles. The number of nitrogens with zero attached hydrogens (tertiary/aromatic N) is 1. The van der Waals surface area contributed by atoms with Gasteiger partial charge in [0.15, 0.2) is 11.5 Å². The van der Waals surface area contributed by atoms with E-state index in [0.29, 0.717) is 38.9 Å². The number of ether oxygens (including phenoxy) is 3. The Kier molecular flexibility index (Phi) is 7.17. The number of hydrogen-bond acceptors (Lipinski definition) is 6. The number of thioether (sulfide) groups is 1. The molecule has 1 atom stereocenters. The predicted octanol–water partition coefficient (Wildman–Crippen LogP) is 5.31. The molecule has 0 spiro atoms. The molecule has 4 rings (SSSR count). The van der Waals surface area contributed by atoms with E-state index in [1.807, 2.05) is 48.5 Å². The molecule has 0 aliphatic carbocycles. The van der Waals surface area contributed by atoms with Crippen molar-refractivity contribution in [3.8, 4) is 11.5 Å². The molecule has 2 heterocycles. The number of hydrogen-bond donors (Lipinski definition) is 0. The van der Waals surface area contributed by atoms with Crippen LogP contribution in [0.4, 0.5) is 0 Å². The maximum atomic E-state index is 12.8. The maximum Gasteiger partial charge on any atom is 0.266 e. The molecule has 2 aromatic rings. The third-order valence-electron chi connectivity index (χ3n) is 5.11. The lowest BCUT2D eigenvalue weighted by Gasteiger charge is -2.18. The van der Waals surface area contributed by atoms with E-state index in [4.69, 9.17) is 38.0 Å². The SMILES string of the molecule is COc1cc(/C=C2/SC(=S)N(CC3CCCO3)C2=O)ccc1OCc1ccccc1Cl. The van der Waals surface area contributed by atoms with Crippen LogP contribution in [0.5, 0.6) is 11.5 Å². The van der Waals surface area contributed by atoms with Gasteiger partial charge in [0, 0.05) is 17.2 Å². The van der Waals surface area contributed by atoms with Crippen LogP contribution in [0.2, 0.25) is 5.02 Å². The average molecular weight is 476 g/mol. The third-order valence-corrected chi connectivity index (χ3v) is 6.86. The standard InChI is InChI=1S/C23H22ClNO4S2/c1-27-20-11-15(8-9-19(20)29-14-16-5-2-3-7-18(16)24)12-21-22(26)25(23(30)31-21)13-17-6-4-10-28-17/h2-3,5,7-9,11-12,17H,4,6,10,13-14H2,1H3/b21-12+. The monoisotopic (exact) mass is 475 g/mol. The van der Waals surface area contributed by atoms with Crippen molar-refractivity contribution in [2.75, 3.05) is 20.3 Å². The fraction of sp³-hybridized carbons (Fsp3) is 0.304. The fourth-order valence-corrected chi connectivity index (χ4v) is 4.93. The summed E-state index contributed by atoms with van der Waals surface area (Å²) >= 11 is 12.9. The number of halogens is 1. The van der Waals surface area contributed by atoms with E-state index in [1.165, 1.54) is 11.8 Å². The molecule has 0 N–H and O–H groups in total. The summed E-state index contributed by atoms with van der Waals surface area (Å²) in [6, 6.07) is 13.1. The van der Waals surface area contributed by atoms with E-state index in [0.717, 1.165) is 30.6 Å². The molecule has 2 saturated heterocycles. The summed E-state index contributed by atoms with van der Waals surface area (Å²) < 4.78 is 17.6. The Morgan fingerprint density at radius 1 is 1.29 bits per heavy atom. The number of methoxy groups -OCH3 is 1. The van der Waals surface area contributed by atoms with Crippen molar-refractivity contribution in [1.82, 2.24) is 4.90 Å². The zero-order chi connectivity index (χ0) is 21.8.